The average Bonchev–Trinajstić information content (AvgIpc) is 3.05. The highest BCUT2D eigenvalue weighted by Crippen LogP contribution is 2.34. The first-order valence-electron chi connectivity index (χ1n) is 6.40. The smallest absolute Gasteiger partial charge is 0.161 e. The van der Waals surface area contributed by atoms with Crippen molar-refractivity contribution in [3.05, 3.63) is 48.1 Å². The number of benzene rings is 1. The highest BCUT2D eigenvalue weighted by atomic mass is 32.1. The fraction of sp³-hybridized carbons (Fsp3) is 0.125. The van der Waals surface area contributed by atoms with E-state index in [4.69, 9.17) is 9.47 Å². The lowest BCUT2D eigenvalue weighted by atomic mass is 10.1. The van der Waals surface area contributed by atoms with Crippen molar-refractivity contribution in [3.8, 4) is 33.3 Å². The van der Waals surface area contributed by atoms with Gasteiger partial charge in [-0.05, 0) is 30.3 Å². The van der Waals surface area contributed by atoms with Gasteiger partial charge in [-0.1, -0.05) is 0 Å². The SMILES string of the molecule is COc1ccc(-c2csc(-c3cccnc3)n2)cc1OC. The Bertz CT molecular complexity index is 741. The Morgan fingerprint density at radius 3 is 2.57 bits per heavy atom. The molecule has 0 bridgehead atoms. The number of hydrogen-bond acceptors (Lipinski definition) is 5. The molecule has 5 heteroatoms. The summed E-state index contributed by atoms with van der Waals surface area (Å²) in [6.45, 7) is 0. The molecule has 0 N–H and O–H groups in total. The normalized spacial score (nSPS) is 10.4. The van der Waals surface area contributed by atoms with Gasteiger partial charge in [-0.3, -0.25) is 4.98 Å². The quantitative estimate of drug-likeness (QED) is 0.733. The lowest BCUT2D eigenvalue weighted by Crippen LogP contribution is -1.90. The van der Waals surface area contributed by atoms with Crippen LogP contribution in [-0.4, -0.2) is 24.2 Å². The lowest BCUT2D eigenvalue weighted by molar-refractivity contribution is 0.355. The minimum atomic E-state index is 0.700. The maximum atomic E-state index is 5.33. The summed E-state index contributed by atoms with van der Waals surface area (Å²) in [5.74, 6) is 1.41. The van der Waals surface area contributed by atoms with E-state index in [2.05, 4.69) is 9.97 Å². The summed E-state index contributed by atoms with van der Waals surface area (Å²) >= 11 is 1.60. The number of nitrogens with zero attached hydrogens (tertiary/aromatic N) is 2. The highest BCUT2D eigenvalue weighted by molar-refractivity contribution is 7.13. The number of rotatable bonds is 4. The zero-order valence-corrected chi connectivity index (χ0v) is 12.6. The Labute approximate surface area is 127 Å². The van der Waals surface area contributed by atoms with Gasteiger partial charge < -0.3 is 9.47 Å². The van der Waals surface area contributed by atoms with Crippen molar-refractivity contribution in [1.82, 2.24) is 9.97 Å². The van der Waals surface area contributed by atoms with Gasteiger partial charge in [0.05, 0.1) is 19.9 Å². The van der Waals surface area contributed by atoms with Crippen LogP contribution in [0.1, 0.15) is 0 Å². The average molecular weight is 298 g/mol. The molecule has 4 nitrogen and oxygen atoms in total. The van der Waals surface area contributed by atoms with Gasteiger partial charge in [0.25, 0.3) is 0 Å². The summed E-state index contributed by atoms with van der Waals surface area (Å²) in [5.41, 5.74) is 2.94. The molecular formula is C16H14N2O2S. The van der Waals surface area contributed by atoms with Gasteiger partial charge in [0, 0.05) is 28.9 Å². The maximum Gasteiger partial charge on any atom is 0.161 e. The third kappa shape index (κ3) is 2.73. The van der Waals surface area contributed by atoms with Crippen molar-refractivity contribution in [2.24, 2.45) is 0 Å². The molecule has 0 radical (unpaired) electrons. The van der Waals surface area contributed by atoms with Gasteiger partial charge in [0.2, 0.25) is 0 Å². The number of methoxy groups -OCH3 is 2. The summed E-state index contributed by atoms with van der Waals surface area (Å²) in [6.07, 6.45) is 3.57. The Morgan fingerprint density at radius 2 is 1.86 bits per heavy atom. The van der Waals surface area contributed by atoms with Gasteiger partial charge in [-0.2, -0.15) is 0 Å². The second kappa shape index (κ2) is 5.93. The fourth-order valence-corrected chi connectivity index (χ4v) is 2.84. The summed E-state index contributed by atoms with van der Waals surface area (Å²) in [7, 11) is 3.25. The third-order valence-corrected chi connectivity index (χ3v) is 3.98. The molecule has 0 saturated heterocycles. The van der Waals surface area contributed by atoms with E-state index in [-0.39, 0.29) is 0 Å². The standard InChI is InChI=1S/C16H14N2O2S/c1-19-14-6-5-11(8-15(14)20-2)13-10-21-16(18-13)12-4-3-7-17-9-12/h3-10H,1-2H3. The number of pyridine rings is 1. The summed E-state index contributed by atoms with van der Waals surface area (Å²) < 4.78 is 10.6. The van der Waals surface area contributed by atoms with Crippen molar-refractivity contribution in [2.45, 2.75) is 0 Å². The Hall–Kier alpha value is -2.40. The largest absolute Gasteiger partial charge is 0.493 e. The molecule has 0 unspecified atom stereocenters. The first kappa shape index (κ1) is 13.6. The van der Waals surface area contributed by atoms with Crippen LogP contribution < -0.4 is 9.47 Å². The summed E-state index contributed by atoms with van der Waals surface area (Å²) in [4.78, 5) is 8.79. The molecule has 2 heterocycles. The van der Waals surface area contributed by atoms with Crippen LogP contribution in [0.4, 0.5) is 0 Å². The Balaban J connectivity index is 1.97. The van der Waals surface area contributed by atoms with E-state index in [9.17, 15) is 0 Å². The van der Waals surface area contributed by atoms with Gasteiger partial charge in [0.15, 0.2) is 11.5 Å². The van der Waals surface area contributed by atoms with Crippen LogP contribution >= 0.6 is 11.3 Å². The lowest BCUT2D eigenvalue weighted by Gasteiger charge is -2.08. The Morgan fingerprint density at radius 1 is 1.00 bits per heavy atom. The molecule has 0 atom stereocenters. The van der Waals surface area contributed by atoms with Gasteiger partial charge in [-0.15, -0.1) is 11.3 Å². The molecule has 0 spiro atoms. The van der Waals surface area contributed by atoms with Crippen molar-refractivity contribution in [3.63, 3.8) is 0 Å². The predicted molar refractivity (Wildman–Crippen MR) is 83.9 cm³/mol. The van der Waals surface area contributed by atoms with Crippen molar-refractivity contribution in [2.75, 3.05) is 14.2 Å². The van der Waals surface area contributed by atoms with Crippen molar-refractivity contribution in [1.29, 1.82) is 0 Å². The molecule has 0 saturated carbocycles. The monoisotopic (exact) mass is 298 g/mol. The number of hydrogen-bond donors (Lipinski definition) is 0. The zero-order valence-electron chi connectivity index (χ0n) is 11.7. The maximum absolute atomic E-state index is 5.33. The molecule has 0 aliphatic carbocycles. The van der Waals surface area contributed by atoms with E-state index in [1.165, 1.54) is 0 Å². The molecule has 0 fully saturated rings. The van der Waals surface area contributed by atoms with Crippen molar-refractivity contribution < 1.29 is 9.47 Å². The number of ether oxygens (including phenoxy) is 2. The van der Waals surface area contributed by atoms with E-state index in [1.54, 1.807) is 31.8 Å². The molecule has 0 aliphatic rings. The molecular weight excluding hydrogens is 284 g/mol. The van der Waals surface area contributed by atoms with Gasteiger partial charge in [0.1, 0.15) is 5.01 Å². The van der Waals surface area contributed by atoms with E-state index in [1.807, 2.05) is 41.9 Å². The van der Waals surface area contributed by atoms with Crippen LogP contribution in [0.15, 0.2) is 48.1 Å². The second-order valence-electron chi connectivity index (χ2n) is 4.35. The van der Waals surface area contributed by atoms with Crippen LogP contribution in [0.5, 0.6) is 11.5 Å². The van der Waals surface area contributed by atoms with Crippen LogP contribution in [-0.2, 0) is 0 Å². The summed E-state index contributed by atoms with van der Waals surface area (Å²) in [6, 6.07) is 9.71. The zero-order chi connectivity index (χ0) is 14.7. The number of thiazole rings is 1. The molecule has 106 valence electrons. The topological polar surface area (TPSA) is 44.2 Å². The molecule has 0 amide bonds. The minimum Gasteiger partial charge on any atom is -0.493 e. The van der Waals surface area contributed by atoms with E-state index < -0.39 is 0 Å². The molecule has 3 aromatic rings. The van der Waals surface area contributed by atoms with Crippen LogP contribution in [0, 0.1) is 0 Å². The second-order valence-corrected chi connectivity index (χ2v) is 5.21. The summed E-state index contributed by atoms with van der Waals surface area (Å²) in [5, 5.41) is 2.98. The van der Waals surface area contributed by atoms with Gasteiger partial charge in [-0.25, -0.2) is 4.98 Å². The number of aromatic nitrogens is 2. The fourth-order valence-electron chi connectivity index (χ4n) is 2.02. The van der Waals surface area contributed by atoms with Crippen LogP contribution in [0.2, 0.25) is 0 Å². The minimum absolute atomic E-state index is 0.700. The van der Waals surface area contributed by atoms with E-state index in [0.717, 1.165) is 21.8 Å². The molecule has 3 rings (SSSR count). The van der Waals surface area contributed by atoms with E-state index in [0.29, 0.717) is 11.5 Å². The highest BCUT2D eigenvalue weighted by Gasteiger charge is 2.10. The van der Waals surface area contributed by atoms with Crippen molar-refractivity contribution >= 4 is 11.3 Å². The van der Waals surface area contributed by atoms with Crippen LogP contribution in [0.25, 0.3) is 21.8 Å². The van der Waals surface area contributed by atoms with E-state index >= 15 is 0 Å². The Kier molecular flexibility index (Phi) is 3.83. The van der Waals surface area contributed by atoms with Crippen LogP contribution in [0.3, 0.4) is 0 Å². The molecule has 0 aliphatic heterocycles. The molecule has 21 heavy (non-hydrogen) atoms. The molecule has 1 aromatic carbocycles. The first-order chi connectivity index (χ1) is 10.3. The van der Waals surface area contributed by atoms with Gasteiger partial charge >= 0.3 is 0 Å². The predicted octanol–water partition coefficient (Wildman–Crippen LogP) is 3.89. The molecule has 2 aromatic heterocycles. The first-order valence-corrected chi connectivity index (χ1v) is 7.28. The third-order valence-electron chi connectivity index (χ3n) is 3.09.